The Morgan fingerprint density at radius 2 is 1.68 bits per heavy atom. The van der Waals surface area contributed by atoms with Crippen LogP contribution in [0.25, 0.3) is 10.9 Å². The van der Waals surface area contributed by atoms with Crippen LogP contribution in [0.2, 0.25) is 0 Å². The molecule has 0 bridgehead atoms. The molecule has 0 radical (unpaired) electrons. The molecule has 7 nitrogen and oxygen atoms in total. The van der Waals surface area contributed by atoms with Gasteiger partial charge in [-0.1, -0.05) is 29.5 Å². The van der Waals surface area contributed by atoms with E-state index in [1.54, 1.807) is 42.7 Å². The largest absolute Gasteiger partial charge is 0.348 e. The Kier molecular flexibility index (Phi) is 4.88. The Morgan fingerprint density at radius 3 is 2.46 bits per heavy atom. The van der Waals surface area contributed by atoms with Gasteiger partial charge < -0.3 is 5.32 Å². The number of nitrogens with one attached hydrogen (secondary N) is 1. The predicted molar refractivity (Wildman–Crippen MR) is 105 cm³/mol. The number of carbonyl (C=O) groups excluding carboxylic acids is 1. The van der Waals surface area contributed by atoms with Gasteiger partial charge in [0.15, 0.2) is 0 Å². The molecule has 0 aliphatic heterocycles. The first-order valence-corrected chi connectivity index (χ1v) is 8.79. The van der Waals surface area contributed by atoms with Crippen molar-refractivity contribution in [3.05, 3.63) is 100 Å². The van der Waals surface area contributed by atoms with Crippen LogP contribution >= 0.6 is 0 Å². The molecule has 0 fully saturated rings. The number of nitrogens with zero attached hydrogens (tertiary/aromatic N) is 4. The standard InChI is InChI=1S/C21H17N5O2/c27-20(23-13-15-9-11-22-12-10-15)17-7-5-16(6-8-17)14-26-21(28)18-3-1-2-4-19(18)24-25-26/h1-12H,13-14H2,(H,23,27). The minimum Gasteiger partial charge on any atom is -0.348 e. The van der Waals surface area contributed by atoms with Gasteiger partial charge in [-0.25, -0.2) is 4.68 Å². The number of hydrogen-bond donors (Lipinski definition) is 1. The van der Waals surface area contributed by atoms with E-state index in [4.69, 9.17) is 0 Å². The molecule has 0 aliphatic rings. The maximum Gasteiger partial charge on any atom is 0.277 e. The van der Waals surface area contributed by atoms with Crippen molar-refractivity contribution in [3.8, 4) is 0 Å². The molecule has 4 rings (SSSR count). The highest BCUT2D eigenvalue weighted by Gasteiger charge is 2.08. The number of hydrogen-bond acceptors (Lipinski definition) is 5. The zero-order valence-electron chi connectivity index (χ0n) is 14.9. The summed E-state index contributed by atoms with van der Waals surface area (Å²) >= 11 is 0. The van der Waals surface area contributed by atoms with E-state index in [0.29, 0.717) is 23.0 Å². The van der Waals surface area contributed by atoms with Gasteiger partial charge in [-0.3, -0.25) is 14.6 Å². The highest BCUT2D eigenvalue weighted by Crippen LogP contribution is 2.08. The van der Waals surface area contributed by atoms with Crippen molar-refractivity contribution in [2.75, 3.05) is 0 Å². The van der Waals surface area contributed by atoms with Crippen LogP contribution in [0.5, 0.6) is 0 Å². The summed E-state index contributed by atoms with van der Waals surface area (Å²) in [4.78, 5) is 28.8. The number of fused-ring (bicyclic) bond motifs is 1. The molecule has 0 saturated carbocycles. The Hall–Kier alpha value is -3.87. The summed E-state index contributed by atoms with van der Waals surface area (Å²) in [6.45, 7) is 0.723. The molecule has 4 aromatic rings. The quantitative estimate of drug-likeness (QED) is 0.581. The molecule has 2 aromatic carbocycles. The van der Waals surface area contributed by atoms with Crippen LogP contribution in [-0.2, 0) is 13.1 Å². The van der Waals surface area contributed by atoms with E-state index in [2.05, 4.69) is 20.6 Å². The van der Waals surface area contributed by atoms with Crippen LogP contribution < -0.4 is 10.9 Å². The van der Waals surface area contributed by atoms with E-state index in [9.17, 15) is 9.59 Å². The lowest BCUT2D eigenvalue weighted by Gasteiger charge is -2.07. The molecule has 1 amide bonds. The van der Waals surface area contributed by atoms with Gasteiger partial charge in [-0.15, -0.1) is 5.10 Å². The first-order valence-electron chi connectivity index (χ1n) is 8.79. The lowest BCUT2D eigenvalue weighted by atomic mass is 10.1. The van der Waals surface area contributed by atoms with Gasteiger partial charge in [-0.05, 0) is 47.5 Å². The third-order valence-electron chi connectivity index (χ3n) is 4.38. The molecule has 0 unspecified atom stereocenters. The maximum atomic E-state index is 12.5. The number of pyridine rings is 1. The third kappa shape index (κ3) is 3.78. The van der Waals surface area contributed by atoms with Gasteiger partial charge in [0.1, 0.15) is 5.52 Å². The Bertz CT molecular complexity index is 1170. The fourth-order valence-corrected chi connectivity index (χ4v) is 2.85. The SMILES string of the molecule is O=C(NCc1ccncc1)c1ccc(Cn2nnc3ccccc3c2=O)cc1. The summed E-state index contributed by atoms with van der Waals surface area (Å²) in [5.74, 6) is -0.161. The minimum atomic E-state index is -0.190. The van der Waals surface area contributed by atoms with Crippen molar-refractivity contribution in [2.24, 2.45) is 0 Å². The average Bonchev–Trinajstić information content (AvgIpc) is 2.75. The highest BCUT2D eigenvalue weighted by atomic mass is 16.1. The van der Waals surface area contributed by atoms with Gasteiger partial charge in [-0.2, -0.15) is 0 Å². The van der Waals surface area contributed by atoms with Crippen molar-refractivity contribution in [3.63, 3.8) is 0 Å². The third-order valence-corrected chi connectivity index (χ3v) is 4.38. The van der Waals surface area contributed by atoms with E-state index < -0.39 is 0 Å². The van der Waals surface area contributed by atoms with Gasteiger partial charge in [0.25, 0.3) is 11.5 Å². The second-order valence-electron chi connectivity index (χ2n) is 6.30. The van der Waals surface area contributed by atoms with Gasteiger partial charge in [0, 0.05) is 24.5 Å². The van der Waals surface area contributed by atoms with Gasteiger partial charge >= 0.3 is 0 Å². The molecule has 138 valence electrons. The second-order valence-corrected chi connectivity index (χ2v) is 6.30. The van der Waals surface area contributed by atoms with Crippen molar-refractivity contribution < 1.29 is 4.79 Å². The molecule has 28 heavy (non-hydrogen) atoms. The smallest absolute Gasteiger partial charge is 0.277 e. The Balaban J connectivity index is 1.45. The second kappa shape index (κ2) is 7.79. The molecule has 2 aromatic heterocycles. The lowest BCUT2D eigenvalue weighted by Crippen LogP contribution is -2.25. The van der Waals surface area contributed by atoms with Crippen molar-refractivity contribution in [1.82, 2.24) is 25.3 Å². The zero-order valence-corrected chi connectivity index (χ0v) is 14.9. The molecule has 0 atom stereocenters. The molecular weight excluding hydrogens is 354 g/mol. The fourth-order valence-electron chi connectivity index (χ4n) is 2.85. The first kappa shape index (κ1) is 17.5. The van der Waals surface area contributed by atoms with Crippen LogP contribution in [0, 0.1) is 0 Å². The van der Waals surface area contributed by atoms with Crippen LogP contribution in [-0.4, -0.2) is 25.9 Å². The van der Waals surface area contributed by atoms with Crippen LogP contribution in [0.4, 0.5) is 0 Å². The summed E-state index contributed by atoms with van der Waals surface area (Å²) < 4.78 is 1.32. The summed E-state index contributed by atoms with van der Waals surface area (Å²) in [6, 6.07) is 17.9. The zero-order chi connectivity index (χ0) is 19.3. The number of aromatic nitrogens is 4. The van der Waals surface area contributed by atoms with E-state index in [1.807, 2.05) is 30.3 Å². The average molecular weight is 371 g/mol. The molecule has 0 aliphatic carbocycles. The van der Waals surface area contributed by atoms with Crippen molar-refractivity contribution in [1.29, 1.82) is 0 Å². The number of benzene rings is 2. The number of rotatable bonds is 5. The summed E-state index contributed by atoms with van der Waals surface area (Å²) in [5.41, 5.74) is 2.77. The first-order chi connectivity index (χ1) is 13.7. The molecule has 0 spiro atoms. The topological polar surface area (TPSA) is 89.8 Å². The van der Waals surface area contributed by atoms with E-state index in [-0.39, 0.29) is 18.0 Å². The molecule has 0 saturated heterocycles. The van der Waals surface area contributed by atoms with Crippen molar-refractivity contribution in [2.45, 2.75) is 13.1 Å². The maximum absolute atomic E-state index is 12.5. The molecular formula is C21H17N5O2. The number of carbonyl (C=O) groups is 1. The highest BCUT2D eigenvalue weighted by molar-refractivity contribution is 5.94. The van der Waals surface area contributed by atoms with E-state index >= 15 is 0 Å². The summed E-state index contributed by atoms with van der Waals surface area (Å²) in [5, 5.41) is 11.5. The minimum absolute atomic E-state index is 0.161. The van der Waals surface area contributed by atoms with Crippen LogP contribution in [0.1, 0.15) is 21.5 Å². The monoisotopic (exact) mass is 371 g/mol. The molecule has 1 N–H and O–H groups in total. The van der Waals surface area contributed by atoms with Gasteiger partial charge in [0.05, 0.1) is 11.9 Å². The summed E-state index contributed by atoms with van der Waals surface area (Å²) in [6.07, 6.45) is 3.38. The van der Waals surface area contributed by atoms with Crippen LogP contribution in [0.15, 0.2) is 77.9 Å². The van der Waals surface area contributed by atoms with Crippen LogP contribution in [0.3, 0.4) is 0 Å². The normalized spacial score (nSPS) is 10.7. The Labute approximate surface area is 160 Å². The predicted octanol–water partition coefficient (Wildman–Crippen LogP) is 2.16. The summed E-state index contributed by atoms with van der Waals surface area (Å²) in [7, 11) is 0. The molecule has 7 heteroatoms. The molecule has 2 heterocycles. The Morgan fingerprint density at radius 1 is 0.929 bits per heavy atom. The van der Waals surface area contributed by atoms with E-state index in [0.717, 1.165) is 11.1 Å². The van der Waals surface area contributed by atoms with Crippen molar-refractivity contribution >= 4 is 16.8 Å². The van der Waals surface area contributed by atoms with E-state index in [1.165, 1.54) is 4.68 Å². The number of amides is 1. The lowest BCUT2D eigenvalue weighted by molar-refractivity contribution is 0.0951. The van der Waals surface area contributed by atoms with Gasteiger partial charge in [0.2, 0.25) is 0 Å². The fraction of sp³-hybridized carbons (Fsp3) is 0.0952.